The number of rotatable bonds is 1. The van der Waals surface area contributed by atoms with Crippen LogP contribution in [0.3, 0.4) is 0 Å². The number of nitrogens with zero attached hydrogens (tertiary/aromatic N) is 1. The van der Waals surface area contributed by atoms with Gasteiger partial charge >= 0.3 is 0 Å². The molecule has 7 atom stereocenters. The summed E-state index contributed by atoms with van der Waals surface area (Å²) in [7, 11) is 0. The number of fused-ring (bicyclic) bond motifs is 5. The summed E-state index contributed by atoms with van der Waals surface area (Å²) in [6, 6.07) is 2.66. The molecule has 3 heteroatoms. The Morgan fingerprint density at radius 3 is 2.75 bits per heavy atom. The Morgan fingerprint density at radius 1 is 1.25 bits per heavy atom. The van der Waals surface area contributed by atoms with E-state index in [-0.39, 0.29) is 29.1 Å². The van der Waals surface area contributed by atoms with Crippen LogP contribution in [-0.2, 0) is 4.79 Å². The molecule has 1 N–H and O–H groups in total. The minimum absolute atomic E-state index is 0.120. The van der Waals surface area contributed by atoms with Crippen molar-refractivity contribution in [2.24, 2.45) is 40.4 Å². The second kappa shape index (κ2) is 5.43. The van der Waals surface area contributed by atoms with Crippen molar-refractivity contribution in [2.45, 2.75) is 58.8 Å². The number of aliphatic hydroxyl groups is 1. The molecule has 6 unspecified atom stereocenters. The van der Waals surface area contributed by atoms with Crippen LogP contribution in [0.25, 0.3) is 0 Å². The minimum atomic E-state index is -0.198. The van der Waals surface area contributed by atoms with E-state index in [1.54, 1.807) is 0 Å². The Bertz CT molecular complexity index is 632. The highest BCUT2D eigenvalue weighted by atomic mass is 16.3. The summed E-state index contributed by atoms with van der Waals surface area (Å²) in [5.41, 5.74) is 1.17. The Kier molecular flexibility index (Phi) is 3.69. The standard InChI is InChI=1S/C21H29NO2/c1-20(12-22)7-6-19-18-9-13(11-23)17-10-14(24)3-4-15(17)16(18)5-8-21(19,20)2/h10,13,15-16,18-19,23H,3-9,11H2,1-2H3/t13?,15?,16?,18?,19?,20-,21?/m1/s1. The van der Waals surface area contributed by atoms with Gasteiger partial charge in [0.15, 0.2) is 5.78 Å². The third kappa shape index (κ3) is 2.02. The number of hydrogen-bond acceptors (Lipinski definition) is 3. The fourth-order valence-corrected chi connectivity index (χ4v) is 6.96. The Hall–Kier alpha value is -1.14. The summed E-state index contributed by atoms with van der Waals surface area (Å²) in [5, 5.41) is 19.8. The lowest BCUT2D eigenvalue weighted by Gasteiger charge is -2.56. The van der Waals surface area contributed by atoms with E-state index in [0.29, 0.717) is 30.1 Å². The van der Waals surface area contributed by atoms with Crippen LogP contribution in [0.15, 0.2) is 11.6 Å². The van der Waals surface area contributed by atoms with Crippen LogP contribution in [0.2, 0.25) is 0 Å². The molecule has 4 aliphatic rings. The van der Waals surface area contributed by atoms with Gasteiger partial charge < -0.3 is 5.11 Å². The molecule has 0 aromatic carbocycles. The summed E-state index contributed by atoms with van der Waals surface area (Å²) in [6.07, 6.45) is 9.03. The maximum atomic E-state index is 11.9. The van der Waals surface area contributed by atoms with E-state index in [1.165, 1.54) is 12.0 Å². The Balaban J connectivity index is 1.70. The minimum Gasteiger partial charge on any atom is -0.396 e. The molecule has 0 heterocycles. The van der Waals surface area contributed by atoms with Gasteiger partial charge in [0.25, 0.3) is 0 Å². The van der Waals surface area contributed by atoms with Crippen LogP contribution in [0, 0.1) is 51.8 Å². The highest BCUT2D eigenvalue weighted by molar-refractivity contribution is 5.91. The Morgan fingerprint density at radius 2 is 2.04 bits per heavy atom. The number of nitriles is 1. The van der Waals surface area contributed by atoms with Crippen molar-refractivity contribution in [3.8, 4) is 6.07 Å². The van der Waals surface area contributed by atoms with Crippen LogP contribution in [0.5, 0.6) is 0 Å². The highest BCUT2D eigenvalue weighted by Crippen LogP contribution is 2.68. The monoisotopic (exact) mass is 327 g/mol. The zero-order valence-corrected chi connectivity index (χ0v) is 14.9. The first kappa shape index (κ1) is 16.3. The van der Waals surface area contributed by atoms with Crippen molar-refractivity contribution >= 4 is 5.78 Å². The van der Waals surface area contributed by atoms with Crippen LogP contribution in [0.4, 0.5) is 0 Å². The predicted molar refractivity (Wildman–Crippen MR) is 91.8 cm³/mol. The zero-order valence-electron chi connectivity index (χ0n) is 14.9. The van der Waals surface area contributed by atoms with E-state index in [0.717, 1.165) is 32.1 Å². The molecule has 0 aliphatic heterocycles. The molecule has 0 bridgehead atoms. The van der Waals surface area contributed by atoms with Gasteiger partial charge in [-0.1, -0.05) is 12.5 Å². The van der Waals surface area contributed by atoms with Crippen molar-refractivity contribution in [3.05, 3.63) is 11.6 Å². The predicted octanol–water partition coefficient (Wildman–Crippen LogP) is 3.88. The highest BCUT2D eigenvalue weighted by Gasteiger charge is 2.61. The number of ketones is 1. The second-order valence-corrected chi connectivity index (χ2v) is 9.24. The van der Waals surface area contributed by atoms with Crippen LogP contribution >= 0.6 is 0 Å². The maximum Gasteiger partial charge on any atom is 0.155 e. The molecule has 3 saturated carbocycles. The molecular weight excluding hydrogens is 298 g/mol. The second-order valence-electron chi connectivity index (χ2n) is 9.24. The van der Waals surface area contributed by atoms with Gasteiger partial charge in [-0.3, -0.25) is 4.79 Å². The molecule has 130 valence electrons. The third-order valence-corrected chi connectivity index (χ3v) is 8.57. The maximum absolute atomic E-state index is 11.9. The van der Waals surface area contributed by atoms with Gasteiger partial charge in [0, 0.05) is 18.9 Å². The number of carbonyl (C=O) groups is 1. The SMILES string of the molecule is CC12CCC3C4CCC(=O)C=C4C(CO)CC3C1CC[C@]2(C)C#N. The molecule has 4 rings (SSSR count). The summed E-state index contributed by atoms with van der Waals surface area (Å²) >= 11 is 0. The smallest absolute Gasteiger partial charge is 0.155 e. The summed E-state index contributed by atoms with van der Waals surface area (Å²) in [5.74, 6) is 2.79. The quantitative estimate of drug-likeness (QED) is 0.795. The van der Waals surface area contributed by atoms with E-state index in [1.807, 2.05) is 6.08 Å². The fraction of sp³-hybridized carbons (Fsp3) is 0.810. The van der Waals surface area contributed by atoms with Gasteiger partial charge in [-0.25, -0.2) is 0 Å². The molecule has 3 fully saturated rings. The topological polar surface area (TPSA) is 61.1 Å². The largest absolute Gasteiger partial charge is 0.396 e. The summed E-state index contributed by atoms with van der Waals surface area (Å²) < 4.78 is 0. The first-order chi connectivity index (χ1) is 11.4. The molecule has 3 nitrogen and oxygen atoms in total. The van der Waals surface area contributed by atoms with Crippen LogP contribution < -0.4 is 0 Å². The molecule has 0 spiro atoms. The number of carbonyl (C=O) groups excluding carboxylic acids is 1. The molecule has 0 aromatic heterocycles. The lowest BCUT2D eigenvalue weighted by molar-refractivity contribution is -0.116. The van der Waals surface area contributed by atoms with E-state index >= 15 is 0 Å². The summed E-state index contributed by atoms with van der Waals surface area (Å²) in [4.78, 5) is 11.9. The molecular formula is C21H29NO2. The molecule has 24 heavy (non-hydrogen) atoms. The lowest BCUT2D eigenvalue weighted by Crippen LogP contribution is -2.50. The third-order valence-electron chi connectivity index (χ3n) is 8.57. The molecule has 0 amide bonds. The van der Waals surface area contributed by atoms with Crippen molar-refractivity contribution < 1.29 is 9.90 Å². The summed E-state index contributed by atoms with van der Waals surface area (Å²) in [6.45, 7) is 4.69. The van der Waals surface area contributed by atoms with Gasteiger partial charge in [-0.05, 0) is 80.6 Å². The first-order valence-electron chi connectivity index (χ1n) is 9.70. The normalized spacial score (nSPS) is 50.3. The molecule has 0 aromatic rings. The zero-order chi connectivity index (χ0) is 17.1. The van der Waals surface area contributed by atoms with Gasteiger partial charge in [0.1, 0.15) is 0 Å². The van der Waals surface area contributed by atoms with Crippen molar-refractivity contribution in [1.82, 2.24) is 0 Å². The number of hydrogen-bond donors (Lipinski definition) is 1. The van der Waals surface area contributed by atoms with Crippen molar-refractivity contribution in [3.63, 3.8) is 0 Å². The lowest BCUT2D eigenvalue weighted by atomic mass is 9.48. The van der Waals surface area contributed by atoms with Gasteiger partial charge in [-0.2, -0.15) is 5.26 Å². The van der Waals surface area contributed by atoms with E-state index < -0.39 is 0 Å². The van der Waals surface area contributed by atoms with Crippen LogP contribution in [-0.4, -0.2) is 17.5 Å². The van der Waals surface area contributed by atoms with E-state index in [4.69, 9.17) is 0 Å². The van der Waals surface area contributed by atoms with Gasteiger partial charge in [-0.15, -0.1) is 0 Å². The van der Waals surface area contributed by atoms with Gasteiger partial charge in [0.2, 0.25) is 0 Å². The fourth-order valence-electron chi connectivity index (χ4n) is 6.96. The van der Waals surface area contributed by atoms with E-state index in [9.17, 15) is 15.2 Å². The van der Waals surface area contributed by atoms with Gasteiger partial charge in [0.05, 0.1) is 11.5 Å². The average molecular weight is 327 g/mol. The van der Waals surface area contributed by atoms with Crippen molar-refractivity contribution in [2.75, 3.05) is 6.61 Å². The number of aliphatic hydroxyl groups excluding tert-OH is 1. The molecule has 0 saturated heterocycles. The first-order valence-corrected chi connectivity index (χ1v) is 9.70. The molecule has 4 aliphatic carbocycles. The van der Waals surface area contributed by atoms with E-state index in [2.05, 4.69) is 19.9 Å². The average Bonchev–Trinajstić information content (AvgIpc) is 2.86. The Labute approximate surface area is 145 Å². The molecule has 0 radical (unpaired) electrons. The van der Waals surface area contributed by atoms with Crippen LogP contribution in [0.1, 0.15) is 58.8 Å². The van der Waals surface area contributed by atoms with Crippen molar-refractivity contribution in [1.29, 1.82) is 5.26 Å².